The third kappa shape index (κ3) is 8.61. The summed E-state index contributed by atoms with van der Waals surface area (Å²) in [5, 5.41) is 2.17. The lowest BCUT2D eigenvalue weighted by molar-refractivity contribution is 0.485. The summed E-state index contributed by atoms with van der Waals surface area (Å²) in [5.74, 6) is 0.920. The fraction of sp³-hybridized carbons (Fsp3) is 0.444. The number of hydrogen-bond acceptors (Lipinski definition) is 1. The van der Waals surface area contributed by atoms with E-state index in [-0.39, 0.29) is 0 Å². The van der Waals surface area contributed by atoms with E-state index in [0.717, 1.165) is 5.92 Å². The maximum atomic E-state index is 2.35. The number of hydrogen-bond donors (Lipinski definition) is 0. The molecule has 1 aromatic carbocycles. The van der Waals surface area contributed by atoms with E-state index < -0.39 is 0 Å². The summed E-state index contributed by atoms with van der Waals surface area (Å²) in [4.78, 5) is 1.55. The van der Waals surface area contributed by atoms with Gasteiger partial charge >= 0.3 is 0 Å². The predicted octanol–water partition coefficient (Wildman–Crippen LogP) is 6.19. The number of thiophene rings is 1. The van der Waals surface area contributed by atoms with E-state index in [1.54, 1.807) is 4.88 Å². The van der Waals surface area contributed by atoms with Crippen molar-refractivity contribution >= 4 is 11.3 Å². The molecule has 0 aliphatic rings. The van der Waals surface area contributed by atoms with Crippen LogP contribution < -0.4 is 0 Å². The van der Waals surface area contributed by atoms with Gasteiger partial charge in [0.05, 0.1) is 0 Å². The van der Waals surface area contributed by atoms with Crippen LogP contribution in [-0.4, -0.2) is 0 Å². The Morgan fingerprint density at radius 3 is 2.05 bits per heavy atom. The Morgan fingerprint density at radius 2 is 1.58 bits per heavy atom. The summed E-state index contributed by atoms with van der Waals surface area (Å²) in [6.07, 6.45) is 6.78. The van der Waals surface area contributed by atoms with Crippen molar-refractivity contribution in [2.45, 2.75) is 46.0 Å². The largest absolute Gasteiger partial charge is 0.149 e. The lowest BCUT2D eigenvalue weighted by Crippen LogP contribution is -1.92. The smallest absolute Gasteiger partial charge is 0.00452 e. The number of rotatable bonds is 6. The quantitative estimate of drug-likeness (QED) is 0.551. The van der Waals surface area contributed by atoms with Gasteiger partial charge in [-0.2, -0.15) is 0 Å². The van der Waals surface area contributed by atoms with Crippen LogP contribution in [0.3, 0.4) is 0 Å². The van der Waals surface area contributed by atoms with E-state index in [2.05, 4.69) is 31.4 Å². The van der Waals surface area contributed by atoms with Crippen molar-refractivity contribution in [1.29, 1.82) is 0 Å². The normalized spacial score (nSPS) is 11.5. The van der Waals surface area contributed by atoms with Crippen LogP contribution in [0.4, 0.5) is 0 Å². The van der Waals surface area contributed by atoms with Gasteiger partial charge in [0.25, 0.3) is 0 Å². The summed E-state index contributed by atoms with van der Waals surface area (Å²) in [6.45, 7) is 4.63. The van der Waals surface area contributed by atoms with Crippen molar-refractivity contribution in [3.05, 3.63) is 58.8 Å². The minimum atomic E-state index is 0.920. The molecule has 0 N–H and O–H groups in total. The lowest BCUT2D eigenvalue weighted by Gasteiger charge is -2.06. The van der Waals surface area contributed by atoms with Crippen LogP contribution in [0.15, 0.2) is 53.9 Å². The van der Waals surface area contributed by atoms with Crippen LogP contribution in [0, 0.1) is 5.92 Å². The van der Waals surface area contributed by atoms with E-state index in [9.17, 15) is 0 Å². The summed E-state index contributed by atoms with van der Waals surface area (Å²) in [7, 11) is 0. The van der Waals surface area contributed by atoms with Crippen LogP contribution in [0.25, 0.3) is 0 Å². The molecule has 0 radical (unpaired) electrons. The zero-order valence-electron chi connectivity index (χ0n) is 12.2. The van der Waals surface area contributed by atoms with Crippen LogP contribution in [0.5, 0.6) is 0 Å². The number of benzene rings is 1. The van der Waals surface area contributed by atoms with Gasteiger partial charge in [-0.3, -0.25) is 0 Å². The van der Waals surface area contributed by atoms with Crippen molar-refractivity contribution in [2.24, 2.45) is 5.92 Å². The summed E-state index contributed by atoms with van der Waals surface area (Å²) < 4.78 is 0. The van der Waals surface area contributed by atoms with E-state index in [4.69, 9.17) is 0 Å². The highest BCUT2D eigenvalue weighted by atomic mass is 32.1. The molecule has 2 aromatic rings. The molecule has 0 amide bonds. The molecular formula is C18H26S. The Labute approximate surface area is 122 Å². The Morgan fingerprint density at radius 1 is 0.947 bits per heavy atom. The number of unbranched alkanes of at least 4 members (excludes halogenated alkanes) is 1. The zero-order chi connectivity index (χ0) is 13.8. The van der Waals surface area contributed by atoms with E-state index in [0.29, 0.717) is 0 Å². The molecule has 0 spiro atoms. The van der Waals surface area contributed by atoms with Gasteiger partial charge in [-0.1, -0.05) is 75.6 Å². The number of aryl methyl sites for hydroxylation is 1. The molecule has 0 saturated carbocycles. The summed E-state index contributed by atoms with van der Waals surface area (Å²) in [6, 6.07) is 16.4. The molecule has 1 heteroatoms. The molecule has 0 nitrogen and oxygen atoms in total. The second-order valence-electron chi connectivity index (χ2n) is 4.99. The van der Waals surface area contributed by atoms with E-state index in [1.165, 1.54) is 32.1 Å². The first kappa shape index (κ1) is 16.0. The van der Waals surface area contributed by atoms with Crippen LogP contribution in [-0.2, 0) is 6.42 Å². The van der Waals surface area contributed by atoms with Crippen molar-refractivity contribution in [3.63, 3.8) is 0 Å². The summed E-state index contributed by atoms with van der Waals surface area (Å²) >= 11 is 1.89. The monoisotopic (exact) mass is 274 g/mol. The topological polar surface area (TPSA) is 0 Å². The Balaban J connectivity index is 0.000000250. The average Bonchev–Trinajstić information content (AvgIpc) is 2.99. The molecule has 0 fully saturated rings. The molecule has 1 unspecified atom stereocenters. The van der Waals surface area contributed by atoms with E-state index >= 15 is 0 Å². The Kier molecular flexibility index (Phi) is 9.09. The first-order valence-electron chi connectivity index (χ1n) is 7.35. The van der Waals surface area contributed by atoms with Gasteiger partial charge in [0.15, 0.2) is 0 Å². The predicted molar refractivity (Wildman–Crippen MR) is 87.8 cm³/mol. The fourth-order valence-corrected chi connectivity index (χ4v) is 2.59. The molecule has 1 heterocycles. The zero-order valence-corrected chi connectivity index (χ0v) is 13.0. The standard InChI is InChI=1S/C12H20S.C6H6/c1-3-11(2)7-4-5-8-12-9-6-10-13-12;1-2-4-6-5-3-1/h6,9-11H,3-5,7-8H2,1-2H3;1-6H. The second-order valence-corrected chi connectivity index (χ2v) is 6.03. The Bertz CT molecular complexity index is 351. The van der Waals surface area contributed by atoms with Gasteiger partial charge in [-0.25, -0.2) is 0 Å². The molecule has 0 aliphatic carbocycles. The maximum absolute atomic E-state index is 2.35. The lowest BCUT2D eigenvalue weighted by atomic mass is 10.0. The first-order valence-corrected chi connectivity index (χ1v) is 8.23. The third-order valence-electron chi connectivity index (χ3n) is 3.31. The third-order valence-corrected chi connectivity index (χ3v) is 4.25. The molecule has 1 atom stereocenters. The maximum Gasteiger partial charge on any atom is 0.00452 e. The highest BCUT2D eigenvalue weighted by Crippen LogP contribution is 2.15. The highest BCUT2D eigenvalue weighted by Gasteiger charge is 1.98. The molecule has 1 aromatic heterocycles. The molecule has 19 heavy (non-hydrogen) atoms. The molecule has 0 aliphatic heterocycles. The van der Waals surface area contributed by atoms with Crippen molar-refractivity contribution in [2.75, 3.05) is 0 Å². The minimum absolute atomic E-state index is 0.920. The van der Waals surface area contributed by atoms with Gasteiger partial charge in [0.1, 0.15) is 0 Å². The molecule has 0 bridgehead atoms. The van der Waals surface area contributed by atoms with Gasteiger partial charge in [0.2, 0.25) is 0 Å². The van der Waals surface area contributed by atoms with Crippen molar-refractivity contribution in [3.8, 4) is 0 Å². The summed E-state index contributed by atoms with van der Waals surface area (Å²) in [5.41, 5.74) is 0. The van der Waals surface area contributed by atoms with Gasteiger partial charge in [0, 0.05) is 4.88 Å². The molecular weight excluding hydrogens is 248 g/mol. The Hall–Kier alpha value is -1.08. The fourth-order valence-electron chi connectivity index (χ4n) is 1.84. The van der Waals surface area contributed by atoms with Gasteiger partial charge in [-0.15, -0.1) is 11.3 Å². The first-order chi connectivity index (χ1) is 9.33. The van der Waals surface area contributed by atoms with Crippen molar-refractivity contribution in [1.82, 2.24) is 0 Å². The van der Waals surface area contributed by atoms with E-state index in [1.807, 2.05) is 47.7 Å². The molecule has 2 rings (SSSR count). The van der Waals surface area contributed by atoms with Crippen LogP contribution in [0.1, 0.15) is 44.4 Å². The molecule has 0 saturated heterocycles. The SMILES string of the molecule is CCC(C)CCCCc1cccs1.c1ccccc1. The minimum Gasteiger partial charge on any atom is -0.149 e. The second kappa shape index (κ2) is 10.8. The van der Waals surface area contributed by atoms with Crippen LogP contribution >= 0.6 is 11.3 Å². The average molecular weight is 274 g/mol. The van der Waals surface area contributed by atoms with Crippen molar-refractivity contribution < 1.29 is 0 Å². The van der Waals surface area contributed by atoms with Crippen LogP contribution in [0.2, 0.25) is 0 Å². The van der Waals surface area contributed by atoms with Gasteiger partial charge in [-0.05, 0) is 30.2 Å². The van der Waals surface area contributed by atoms with Gasteiger partial charge < -0.3 is 0 Å². The highest BCUT2D eigenvalue weighted by molar-refractivity contribution is 7.09. The molecule has 104 valence electrons.